The lowest BCUT2D eigenvalue weighted by Crippen LogP contribution is -2.51. The number of esters is 3. The number of carbonyl (C=O) groups excluding carboxylic acids is 4. The van der Waals surface area contributed by atoms with E-state index in [1.807, 2.05) is 0 Å². The minimum Gasteiger partial charge on any atom is -0.462 e. The van der Waals surface area contributed by atoms with E-state index in [0.29, 0.717) is 0 Å². The normalized spacial score (nSPS) is 14.9. The van der Waals surface area contributed by atoms with Crippen LogP contribution in [0.25, 0.3) is 0 Å². The third kappa shape index (κ3) is 9.22. The Morgan fingerprint density at radius 1 is 1.09 bits per heavy atom. The van der Waals surface area contributed by atoms with E-state index >= 15 is 0 Å². The minimum absolute atomic E-state index is 0.0236. The van der Waals surface area contributed by atoms with Crippen LogP contribution >= 0.6 is 45.2 Å². The maximum absolute atomic E-state index is 14.4. The van der Waals surface area contributed by atoms with Gasteiger partial charge in [-0.15, -0.1) is 0 Å². The molecule has 0 aliphatic carbocycles. The molecule has 3 atom stereocenters. The van der Waals surface area contributed by atoms with Crippen LogP contribution in [-0.2, 0) is 38.1 Å². The maximum Gasteiger partial charge on any atom is 0.303 e. The standard InChI is InChI=1S/C12H15FI2O8/c1-6(17)20-4-9(21-5-16)10(22-7(2)18)11(12(13,14)15)23-8(3)19/h5,9-11H,4H2,1-3H3/t9-,10-,11+/m1/s1. The van der Waals surface area contributed by atoms with Crippen LogP contribution < -0.4 is 0 Å². The summed E-state index contributed by atoms with van der Waals surface area (Å²) in [6.45, 7) is 2.71. The Kier molecular flexibility index (Phi) is 9.88. The van der Waals surface area contributed by atoms with Gasteiger partial charge in [0.05, 0.1) is 0 Å². The highest BCUT2D eigenvalue weighted by Gasteiger charge is 2.48. The molecule has 0 spiro atoms. The lowest BCUT2D eigenvalue weighted by Gasteiger charge is -2.34. The van der Waals surface area contributed by atoms with Gasteiger partial charge in [-0.05, 0) is 45.2 Å². The van der Waals surface area contributed by atoms with Gasteiger partial charge in [-0.3, -0.25) is 19.2 Å². The highest BCUT2D eigenvalue weighted by atomic mass is 127. The fraction of sp³-hybridized carbons (Fsp3) is 0.667. The van der Waals surface area contributed by atoms with Crippen molar-refractivity contribution in [3.05, 3.63) is 0 Å². The Labute approximate surface area is 159 Å². The molecule has 132 valence electrons. The summed E-state index contributed by atoms with van der Waals surface area (Å²) in [5.41, 5.74) is 0. The highest BCUT2D eigenvalue weighted by Crippen LogP contribution is 2.38. The summed E-state index contributed by atoms with van der Waals surface area (Å²) in [5, 5.41) is 0. The van der Waals surface area contributed by atoms with E-state index < -0.39 is 44.5 Å². The molecule has 0 saturated carbocycles. The van der Waals surface area contributed by atoms with Gasteiger partial charge in [-0.25, -0.2) is 4.39 Å². The van der Waals surface area contributed by atoms with Crippen molar-refractivity contribution in [3.8, 4) is 0 Å². The number of carbonyl (C=O) groups is 4. The summed E-state index contributed by atoms with van der Waals surface area (Å²) in [4.78, 5) is 44.0. The van der Waals surface area contributed by atoms with Crippen LogP contribution in [0.5, 0.6) is 0 Å². The lowest BCUT2D eigenvalue weighted by atomic mass is 10.1. The Balaban J connectivity index is 5.60. The topological polar surface area (TPSA) is 105 Å². The van der Waals surface area contributed by atoms with Crippen molar-refractivity contribution < 1.29 is 42.5 Å². The molecule has 0 unspecified atom stereocenters. The zero-order valence-electron chi connectivity index (χ0n) is 12.4. The van der Waals surface area contributed by atoms with Gasteiger partial charge in [0.2, 0.25) is 0 Å². The van der Waals surface area contributed by atoms with Gasteiger partial charge in [0.25, 0.3) is 8.15 Å². The van der Waals surface area contributed by atoms with Crippen molar-refractivity contribution in [1.82, 2.24) is 0 Å². The molecule has 8 nitrogen and oxygen atoms in total. The molecular formula is C12H15FI2O8. The molecule has 0 saturated heterocycles. The third-order valence-corrected chi connectivity index (χ3v) is 3.49. The predicted octanol–water partition coefficient (Wildman–Crippen LogP) is 1.45. The van der Waals surface area contributed by atoms with Crippen LogP contribution in [0.2, 0.25) is 0 Å². The van der Waals surface area contributed by atoms with E-state index in [9.17, 15) is 23.6 Å². The maximum atomic E-state index is 14.4. The second kappa shape index (κ2) is 10.2. The van der Waals surface area contributed by atoms with Gasteiger partial charge in [0.15, 0.2) is 18.3 Å². The van der Waals surface area contributed by atoms with Crippen LogP contribution in [0, 0.1) is 0 Å². The average Bonchev–Trinajstić information content (AvgIpc) is 2.36. The van der Waals surface area contributed by atoms with Crippen LogP contribution in [0.3, 0.4) is 0 Å². The molecule has 0 N–H and O–H groups in total. The zero-order valence-corrected chi connectivity index (χ0v) is 16.7. The molecule has 0 aromatic rings. The van der Waals surface area contributed by atoms with Crippen LogP contribution in [0.1, 0.15) is 20.8 Å². The third-order valence-electron chi connectivity index (χ3n) is 2.26. The molecule has 0 rings (SSSR count). The SMILES string of the molecule is CC(=O)OC[C@@H](OC=O)[C@@H](OC(C)=O)[C@H](OC(C)=O)C(F)(I)I. The lowest BCUT2D eigenvalue weighted by molar-refractivity contribution is -0.187. The van der Waals surface area contributed by atoms with Crippen LogP contribution in [-0.4, -0.2) is 51.0 Å². The van der Waals surface area contributed by atoms with E-state index in [-0.39, 0.29) is 6.47 Å². The van der Waals surface area contributed by atoms with Gasteiger partial charge in [0, 0.05) is 20.8 Å². The second-order valence-electron chi connectivity index (χ2n) is 4.22. The van der Waals surface area contributed by atoms with E-state index in [0.717, 1.165) is 20.8 Å². The molecule has 0 heterocycles. The van der Waals surface area contributed by atoms with Gasteiger partial charge < -0.3 is 18.9 Å². The first-order valence-electron chi connectivity index (χ1n) is 6.12. The number of ether oxygens (including phenoxy) is 4. The first-order chi connectivity index (χ1) is 10.5. The number of hydrogen-bond acceptors (Lipinski definition) is 8. The van der Waals surface area contributed by atoms with Crippen molar-refractivity contribution >= 4 is 69.6 Å². The van der Waals surface area contributed by atoms with Crippen molar-refractivity contribution in [2.24, 2.45) is 0 Å². The van der Waals surface area contributed by atoms with Crippen molar-refractivity contribution in [1.29, 1.82) is 0 Å². The highest BCUT2D eigenvalue weighted by molar-refractivity contribution is 14.2. The van der Waals surface area contributed by atoms with Crippen molar-refractivity contribution in [2.75, 3.05) is 6.61 Å². The molecule has 0 aromatic heterocycles. The fourth-order valence-corrected chi connectivity index (χ4v) is 2.47. The smallest absolute Gasteiger partial charge is 0.303 e. The summed E-state index contributed by atoms with van der Waals surface area (Å²) >= 11 is 2.67. The Bertz CT molecular complexity index is 451. The Morgan fingerprint density at radius 3 is 1.96 bits per heavy atom. The van der Waals surface area contributed by atoms with Gasteiger partial charge in [0.1, 0.15) is 6.61 Å². The molecular weight excluding hydrogens is 545 g/mol. The first-order valence-corrected chi connectivity index (χ1v) is 8.28. The van der Waals surface area contributed by atoms with Crippen LogP contribution in [0.4, 0.5) is 4.39 Å². The number of alkyl halides is 3. The monoisotopic (exact) mass is 560 g/mol. The number of rotatable bonds is 9. The summed E-state index contributed by atoms with van der Waals surface area (Å²) in [5.74, 6) is -2.35. The van der Waals surface area contributed by atoms with E-state index in [1.54, 1.807) is 0 Å². The summed E-state index contributed by atoms with van der Waals surface area (Å²) < 4.78 is 31.4. The first kappa shape index (κ1) is 22.3. The van der Waals surface area contributed by atoms with E-state index in [4.69, 9.17) is 18.9 Å². The molecule has 0 bridgehead atoms. The summed E-state index contributed by atoms with van der Waals surface area (Å²) in [6, 6.07) is 0. The molecule has 0 fully saturated rings. The van der Waals surface area contributed by atoms with Gasteiger partial charge >= 0.3 is 17.9 Å². The Morgan fingerprint density at radius 2 is 1.61 bits per heavy atom. The molecule has 0 radical (unpaired) electrons. The van der Waals surface area contributed by atoms with E-state index in [2.05, 4.69) is 0 Å². The minimum atomic E-state index is -2.19. The van der Waals surface area contributed by atoms with Gasteiger partial charge in [-0.1, -0.05) is 0 Å². The molecule has 0 aliphatic rings. The largest absolute Gasteiger partial charge is 0.462 e. The molecule has 11 heteroatoms. The number of hydrogen-bond donors (Lipinski definition) is 0. The van der Waals surface area contributed by atoms with Crippen molar-refractivity contribution in [2.45, 2.75) is 40.8 Å². The quantitative estimate of drug-likeness (QED) is 0.137. The Hall–Kier alpha value is -0.730. The summed E-state index contributed by atoms with van der Waals surface area (Å²) in [6.07, 6.45) is -4.48. The van der Waals surface area contributed by atoms with Crippen LogP contribution in [0.15, 0.2) is 0 Å². The summed E-state index contributed by atoms with van der Waals surface area (Å²) in [7, 11) is 0. The second-order valence-corrected chi connectivity index (χ2v) is 9.42. The molecule has 0 amide bonds. The molecule has 23 heavy (non-hydrogen) atoms. The van der Waals surface area contributed by atoms with Gasteiger partial charge in [-0.2, -0.15) is 0 Å². The predicted molar refractivity (Wildman–Crippen MR) is 90.6 cm³/mol. The average molecular weight is 560 g/mol. The fourth-order valence-electron chi connectivity index (χ4n) is 1.51. The van der Waals surface area contributed by atoms with E-state index in [1.165, 1.54) is 45.2 Å². The zero-order chi connectivity index (χ0) is 18.2. The van der Waals surface area contributed by atoms with Crippen molar-refractivity contribution in [3.63, 3.8) is 0 Å². The molecule has 0 aliphatic heterocycles. The molecule has 0 aromatic carbocycles. The number of halogens is 3.